The fraction of sp³-hybridized carbons (Fsp3) is 0.389. The molecule has 1 aliphatic rings. The molecule has 0 amide bonds. The van der Waals surface area contributed by atoms with E-state index in [0.717, 1.165) is 12.0 Å². The Kier molecular flexibility index (Phi) is 5.42. The van der Waals surface area contributed by atoms with Gasteiger partial charge in [-0.05, 0) is 24.1 Å². The zero-order valence-corrected chi connectivity index (χ0v) is 15.6. The van der Waals surface area contributed by atoms with Crippen molar-refractivity contribution in [1.29, 1.82) is 0 Å². The van der Waals surface area contributed by atoms with Crippen LogP contribution >= 0.6 is 11.6 Å². The summed E-state index contributed by atoms with van der Waals surface area (Å²) in [5, 5.41) is 33.4. The quantitative estimate of drug-likeness (QED) is 0.473. The lowest BCUT2D eigenvalue weighted by molar-refractivity contribution is -0.0511. The number of aromatic nitrogens is 4. The van der Waals surface area contributed by atoms with Gasteiger partial charge >= 0.3 is 0 Å². The second kappa shape index (κ2) is 7.98. The second-order valence-electron chi connectivity index (χ2n) is 6.58. The van der Waals surface area contributed by atoms with Crippen molar-refractivity contribution in [2.45, 2.75) is 31.0 Å². The van der Waals surface area contributed by atoms with Crippen LogP contribution in [0.1, 0.15) is 11.8 Å². The van der Waals surface area contributed by atoms with E-state index < -0.39 is 31.1 Å². The molecule has 0 spiro atoms. The minimum absolute atomic E-state index is 0.395. The molecule has 148 valence electrons. The molecule has 28 heavy (non-hydrogen) atoms. The minimum atomic E-state index is -1.20. The van der Waals surface area contributed by atoms with E-state index in [-0.39, 0.29) is 0 Å². The van der Waals surface area contributed by atoms with Crippen molar-refractivity contribution in [2.75, 3.05) is 18.5 Å². The Labute approximate surface area is 165 Å². The molecule has 1 saturated heterocycles. The van der Waals surface area contributed by atoms with E-state index in [1.807, 2.05) is 24.3 Å². The Balaban J connectivity index is 1.51. The highest BCUT2D eigenvalue weighted by atomic mass is 35.5. The molecule has 0 saturated carbocycles. The number of aliphatic hydroxyl groups is 3. The maximum atomic E-state index is 10.2. The fourth-order valence-electron chi connectivity index (χ4n) is 3.25. The highest BCUT2D eigenvalue weighted by Gasteiger charge is 2.44. The number of aliphatic hydroxyl groups excluding tert-OH is 3. The summed E-state index contributed by atoms with van der Waals surface area (Å²) in [4.78, 5) is 12.8. The molecule has 3 heterocycles. The maximum absolute atomic E-state index is 10.2. The lowest BCUT2D eigenvalue weighted by atomic mass is 10.1. The number of hydrogen-bond acceptors (Lipinski definition) is 8. The summed E-state index contributed by atoms with van der Waals surface area (Å²) in [7, 11) is 0. The van der Waals surface area contributed by atoms with Crippen LogP contribution in [0.25, 0.3) is 11.2 Å². The average Bonchev–Trinajstić information content (AvgIpc) is 3.25. The van der Waals surface area contributed by atoms with Crippen molar-refractivity contribution in [2.24, 2.45) is 0 Å². The Bertz CT molecular complexity index is 951. The molecule has 1 fully saturated rings. The predicted octanol–water partition coefficient (Wildman–Crippen LogP) is 0.746. The normalized spacial score (nSPS) is 24.7. The molecule has 4 atom stereocenters. The predicted molar refractivity (Wildman–Crippen MR) is 102 cm³/mol. The standard InChI is InChI=1S/C18H20ClN5O4/c19-11-3-1-10(2-4-11)5-6-20-16-13-17(22-8-21-16)24(9-23-13)18-15(27)14(26)12(7-25)28-18/h1-4,8-9,12,14-15,18,25-27H,5-7H2,(H,20,21,22)/t12-,14-,15-,18?/m1/s1. The van der Waals surface area contributed by atoms with Gasteiger partial charge in [-0.2, -0.15) is 0 Å². The first-order valence-corrected chi connectivity index (χ1v) is 9.24. The number of nitrogens with one attached hydrogen (secondary N) is 1. The van der Waals surface area contributed by atoms with Gasteiger partial charge in [0.25, 0.3) is 0 Å². The molecule has 1 unspecified atom stereocenters. The summed E-state index contributed by atoms with van der Waals surface area (Å²) in [6, 6.07) is 7.64. The van der Waals surface area contributed by atoms with Crippen LogP contribution in [0, 0.1) is 0 Å². The van der Waals surface area contributed by atoms with Crippen LogP contribution in [0.3, 0.4) is 0 Å². The molecule has 0 aliphatic carbocycles. The Morgan fingerprint density at radius 2 is 1.89 bits per heavy atom. The van der Waals surface area contributed by atoms with Gasteiger partial charge < -0.3 is 25.4 Å². The number of imidazole rings is 1. The SMILES string of the molecule is OC[C@H]1OC(n2cnc3c(NCCc4ccc(Cl)cc4)ncnc32)[C@H](O)[C@@H]1O. The highest BCUT2D eigenvalue weighted by molar-refractivity contribution is 6.30. The third-order valence-electron chi connectivity index (χ3n) is 4.77. The van der Waals surface area contributed by atoms with Crippen LogP contribution in [0.15, 0.2) is 36.9 Å². The molecule has 0 bridgehead atoms. The number of benzene rings is 1. The van der Waals surface area contributed by atoms with Crippen LogP contribution in [0.5, 0.6) is 0 Å². The summed E-state index contributed by atoms with van der Waals surface area (Å²) >= 11 is 5.90. The molecule has 1 aliphatic heterocycles. The second-order valence-corrected chi connectivity index (χ2v) is 7.01. The Morgan fingerprint density at radius 1 is 1.11 bits per heavy atom. The number of ether oxygens (including phenoxy) is 1. The van der Waals surface area contributed by atoms with Crippen molar-refractivity contribution in [3.63, 3.8) is 0 Å². The van der Waals surface area contributed by atoms with Crippen molar-refractivity contribution < 1.29 is 20.1 Å². The molecule has 1 aromatic carbocycles. The van der Waals surface area contributed by atoms with E-state index >= 15 is 0 Å². The third-order valence-corrected chi connectivity index (χ3v) is 5.02. The molecule has 3 aromatic rings. The number of hydrogen-bond donors (Lipinski definition) is 4. The molecular formula is C18H20ClN5O4. The topological polar surface area (TPSA) is 126 Å². The highest BCUT2D eigenvalue weighted by Crippen LogP contribution is 2.32. The summed E-state index contributed by atoms with van der Waals surface area (Å²) < 4.78 is 7.09. The van der Waals surface area contributed by atoms with Gasteiger partial charge in [-0.1, -0.05) is 23.7 Å². The van der Waals surface area contributed by atoms with E-state index in [2.05, 4.69) is 20.3 Å². The van der Waals surface area contributed by atoms with Crippen LogP contribution in [0.4, 0.5) is 5.82 Å². The summed E-state index contributed by atoms with van der Waals surface area (Å²) in [6.07, 6.45) is -0.503. The van der Waals surface area contributed by atoms with Gasteiger partial charge in [0.15, 0.2) is 23.2 Å². The van der Waals surface area contributed by atoms with Gasteiger partial charge in [-0.25, -0.2) is 15.0 Å². The monoisotopic (exact) mass is 405 g/mol. The van der Waals surface area contributed by atoms with Crippen molar-refractivity contribution >= 4 is 28.6 Å². The van der Waals surface area contributed by atoms with Gasteiger partial charge in [-0.3, -0.25) is 4.57 Å². The maximum Gasteiger partial charge on any atom is 0.167 e. The van der Waals surface area contributed by atoms with Crippen LogP contribution < -0.4 is 5.32 Å². The van der Waals surface area contributed by atoms with Gasteiger partial charge in [-0.15, -0.1) is 0 Å². The number of anilines is 1. The van der Waals surface area contributed by atoms with Crippen LogP contribution in [-0.4, -0.2) is 66.3 Å². The van der Waals surface area contributed by atoms with Gasteiger partial charge in [0, 0.05) is 11.6 Å². The first-order chi connectivity index (χ1) is 13.6. The first-order valence-electron chi connectivity index (χ1n) is 8.87. The molecule has 4 rings (SSSR count). The largest absolute Gasteiger partial charge is 0.394 e. The summed E-state index contributed by atoms with van der Waals surface area (Å²) in [6.45, 7) is 0.238. The third kappa shape index (κ3) is 3.54. The van der Waals surface area contributed by atoms with Crippen LogP contribution in [-0.2, 0) is 11.2 Å². The summed E-state index contributed by atoms with van der Waals surface area (Å²) in [5.74, 6) is 0.560. The fourth-order valence-corrected chi connectivity index (χ4v) is 3.38. The molecule has 10 heteroatoms. The van der Waals surface area contributed by atoms with Crippen LogP contribution in [0.2, 0.25) is 5.02 Å². The molecule has 0 radical (unpaired) electrons. The van der Waals surface area contributed by atoms with E-state index in [9.17, 15) is 15.3 Å². The van der Waals surface area contributed by atoms with Gasteiger partial charge in [0.05, 0.1) is 12.9 Å². The Morgan fingerprint density at radius 3 is 2.61 bits per heavy atom. The van der Waals surface area contributed by atoms with Crippen molar-refractivity contribution in [3.8, 4) is 0 Å². The molecule has 2 aromatic heterocycles. The van der Waals surface area contributed by atoms with E-state index in [0.29, 0.717) is 28.5 Å². The molecule has 4 N–H and O–H groups in total. The smallest absolute Gasteiger partial charge is 0.167 e. The molecule has 9 nitrogen and oxygen atoms in total. The van der Waals surface area contributed by atoms with E-state index in [4.69, 9.17) is 16.3 Å². The summed E-state index contributed by atoms with van der Waals surface area (Å²) in [5.41, 5.74) is 2.12. The number of rotatable bonds is 6. The zero-order valence-electron chi connectivity index (χ0n) is 14.8. The van der Waals surface area contributed by atoms with Crippen molar-refractivity contribution in [1.82, 2.24) is 19.5 Å². The van der Waals surface area contributed by atoms with Crippen molar-refractivity contribution in [3.05, 3.63) is 47.5 Å². The number of halogens is 1. The van der Waals surface area contributed by atoms with Gasteiger partial charge in [0.2, 0.25) is 0 Å². The Hall–Kier alpha value is -2.30. The lowest BCUT2D eigenvalue weighted by Gasteiger charge is -2.16. The minimum Gasteiger partial charge on any atom is -0.394 e. The lowest BCUT2D eigenvalue weighted by Crippen LogP contribution is -2.33. The molecular weight excluding hydrogens is 386 g/mol. The van der Waals surface area contributed by atoms with Gasteiger partial charge in [0.1, 0.15) is 24.6 Å². The first kappa shape index (κ1) is 19.0. The van der Waals surface area contributed by atoms with E-state index in [1.165, 1.54) is 17.2 Å². The van der Waals surface area contributed by atoms with E-state index in [1.54, 1.807) is 0 Å². The average molecular weight is 406 g/mol. The number of nitrogens with zero attached hydrogens (tertiary/aromatic N) is 4. The zero-order chi connectivity index (χ0) is 19.7. The number of fused-ring (bicyclic) bond motifs is 1.